The van der Waals surface area contributed by atoms with Gasteiger partial charge in [0.1, 0.15) is 0 Å². The zero-order valence-electron chi connectivity index (χ0n) is 9.79. The van der Waals surface area contributed by atoms with Crippen LogP contribution >= 0.6 is 0 Å². The molecule has 3 heteroatoms. The minimum atomic E-state index is 0.811. The molecule has 2 rings (SSSR count). The summed E-state index contributed by atoms with van der Waals surface area (Å²) >= 11 is 0. The number of aryl methyl sites for hydroxylation is 1. The molecule has 0 aliphatic carbocycles. The lowest BCUT2D eigenvalue weighted by atomic mass is 10.1. The summed E-state index contributed by atoms with van der Waals surface area (Å²) in [4.78, 5) is 4.45. The maximum Gasteiger partial charge on any atom is 0.0952 e. The van der Waals surface area contributed by atoms with Crippen LogP contribution in [-0.2, 0) is 19.5 Å². The molecule has 1 aliphatic heterocycles. The van der Waals surface area contributed by atoms with Gasteiger partial charge in [0.05, 0.1) is 12.0 Å². The summed E-state index contributed by atoms with van der Waals surface area (Å²) in [6.07, 6.45) is 5.73. The summed E-state index contributed by atoms with van der Waals surface area (Å²) in [6, 6.07) is 0. The van der Waals surface area contributed by atoms with E-state index in [0.29, 0.717) is 0 Å². The fraction of sp³-hybridized carbons (Fsp3) is 0.750. The lowest BCUT2D eigenvalue weighted by Crippen LogP contribution is -2.25. The van der Waals surface area contributed by atoms with Crippen molar-refractivity contribution in [3.63, 3.8) is 0 Å². The van der Waals surface area contributed by atoms with Gasteiger partial charge in [0.25, 0.3) is 0 Å². The molecule has 0 saturated heterocycles. The van der Waals surface area contributed by atoms with Crippen LogP contribution in [0.1, 0.15) is 38.1 Å². The number of aromatic nitrogens is 2. The second-order valence-corrected chi connectivity index (χ2v) is 4.79. The monoisotopic (exact) mass is 207 g/mol. The van der Waals surface area contributed by atoms with Crippen LogP contribution in [0.2, 0.25) is 0 Å². The molecule has 84 valence electrons. The molecule has 0 saturated carbocycles. The van der Waals surface area contributed by atoms with Crippen LogP contribution < -0.4 is 5.32 Å². The van der Waals surface area contributed by atoms with Gasteiger partial charge in [0.2, 0.25) is 0 Å². The van der Waals surface area contributed by atoms with Gasteiger partial charge >= 0.3 is 0 Å². The van der Waals surface area contributed by atoms with E-state index in [1.165, 1.54) is 24.2 Å². The Bertz CT molecular complexity index is 315. The Kier molecular flexibility index (Phi) is 3.41. The van der Waals surface area contributed by atoms with Crippen LogP contribution in [-0.4, -0.2) is 16.1 Å². The van der Waals surface area contributed by atoms with Crippen molar-refractivity contribution in [3.8, 4) is 0 Å². The third-order valence-electron chi connectivity index (χ3n) is 3.04. The van der Waals surface area contributed by atoms with Crippen molar-refractivity contribution in [1.29, 1.82) is 0 Å². The van der Waals surface area contributed by atoms with E-state index in [1.54, 1.807) is 0 Å². The van der Waals surface area contributed by atoms with Crippen LogP contribution in [0.3, 0.4) is 0 Å². The summed E-state index contributed by atoms with van der Waals surface area (Å²) in [5.74, 6) is 0.811. The number of rotatable bonds is 4. The first-order valence-electron chi connectivity index (χ1n) is 6.01. The highest BCUT2D eigenvalue weighted by Crippen LogP contribution is 2.14. The molecule has 1 aromatic rings. The number of hydrogen-bond donors (Lipinski definition) is 1. The van der Waals surface area contributed by atoms with E-state index in [1.807, 2.05) is 6.33 Å². The van der Waals surface area contributed by atoms with E-state index in [-0.39, 0.29) is 0 Å². The summed E-state index contributed by atoms with van der Waals surface area (Å²) < 4.78 is 2.35. The number of hydrogen-bond acceptors (Lipinski definition) is 2. The van der Waals surface area contributed by atoms with Crippen LogP contribution in [0.4, 0.5) is 0 Å². The van der Waals surface area contributed by atoms with E-state index in [9.17, 15) is 0 Å². The van der Waals surface area contributed by atoms with Crippen molar-refractivity contribution in [2.24, 2.45) is 5.92 Å². The zero-order chi connectivity index (χ0) is 10.7. The molecular formula is C12H21N3. The zero-order valence-corrected chi connectivity index (χ0v) is 9.79. The summed E-state index contributed by atoms with van der Waals surface area (Å²) in [6.45, 7) is 7.76. The van der Waals surface area contributed by atoms with Crippen molar-refractivity contribution < 1.29 is 0 Å². The maximum absolute atomic E-state index is 4.45. The Balaban J connectivity index is 1.94. The average molecular weight is 207 g/mol. The molecule has 0 amide bonds. The summed E-state index contributed by atoms with van der Waals surface area (Å²) in [5, 5.41) is 3.35. The molecule has 3 nitrogen and oxygen atoms in total. The first-order valence-corrected chi connectivity index (χ1v) is 6.01. The molecule has 0 atom stereocenters. The normalized spacial score (nSPS) is 15.7. The Hall–Kier alpha value is -0.830. The average Bonchev–Trinajstić information content (AvgIpc) is 2.62. The van der Waals surface area contributed by atoms with E-state index in [0.717, 1.165) is 32.0 Å². The Morgan fingerprint density at radius 2 is 2.40 bits per heavy atom. The Morgan fingerprint density at radius 1 is 1.53 bits per heavy atom. The van der Waals surface area contributed by atoms with Gasteiger partial charge in [0, 0.05) is 31.7 Å². The third-order valence-corrected chi connectivity index (χ3v) is 3.04. The smallest absolute Gasteiger partial charge is 0.0952 e. The molecule has 1 aromatic heterocycles. The van der Waals surface area contributed by atoms with Crippen LogP contribution in [0.25, 0.3) is 0 Å². The first-order chi connectivity index (χ1) is 7.27. The molecule has 0 fully saturated rings. The fourth-order valence-corrected chi connectivity index (χ4v) is 2.16. The minimum Gasteiger partial charge on any atom is -0.334 e. The molecule has 0 aromatic carbocycles. The molecule has 0 spiro atoms. The molecular weight excluding hydrogens is 186 g/mol. The van der Waals surface area contributed by atoms with Gasteiger partial charge < -0.3 is 9.88 Å². The highest BCUT2D eigenvalue weighted by Gasteiger charge is 2.14. The van der Waals surface area contributed by atoms with Crippen molar-refractivity contribution in [2.45, 2.75) is 46.2 Å². The molecule has 0 bridgehead atoms. The molecule has 1 N–H and O–H groups in total. The third kappa shape index (κ3) is 2.59. The van der Waals surface area contributed by atoms with Gasteiger partial charge in [-0.1, -0.05) is 13.8 Å². The minimum absolute atomic E-state index is 0.811. The largest absolute Gasteiger partial charge is 0.334 e. The number of fused-ring (bicyclic) bond motifs is 1. The number of nitrogens with one attached hydrogen (secondary N) is 1. The molecule has 0 unspecified atom stereocenters. The lowest BCUT2D eigenvalue weighted by Gasteiger charge is -2.15. The van der Waals surface area contributed by atoms with Crippen molar-refractivity contribution in [3.05, 3.63) is 17.7 Å². The summed E-state index contributed by atoms with van der Waals surface area (Å²) in [7, 11) is 0. The topological polar surface area (TPSA) is 29.9 Å². The van der Waals surface area contributed by atoms with Gasteiger partial charge in [-0.25, -0.2) is 4.98 Å². The standard InChI is InChI=1S/C12H21N3/c1-10(2)4-3-7-15-9-14-11-8-13-6-5-12(11)15/h9-10,13H,3-8H2,1-2H3. The van der Waals surface area contributed by atoms with Gasteiger partial charge in [-0.3, -0.25) is 0 Å². The fourth-order valence-electron chi connectivity index (χ4n) is 2.16. The molecule has 1 aliphatic rings. The maximum atomic E-state index is 4.45. The quantitative estimate of drug-likeness (QED) is 0.818. The molecule has 2 heterocycles. The van der Waals surface area contributed by atoms with Gasteiger partial charge in [-0.05, 0) is 18.8 Å². The predicted octanol–water partition coefficient (Wildman–Crippen LogP) is 1.96. The van der Waals surface area contributed by atoms with E-state index in [4.69, 9.17) is 0 Å². The van der Waals surface area contributed by atoms with Crippen molar-refractivity contribution in [2.75, 3.05) is 6.54 Å². The Morgan fingerprint density at radius 3 is 3.20 bits per heavy atom. The van der Waals surface area contributed by atoms with Crippen molar-refractivity contribution in [1.82, 2.24) is 14.9 Å². The lowest BCUT2D eigenvalue weighted by molar-refractivity contribution is 0.498. The van der Waals surface area contributed by atoms with E-state index in [2.05, 4.69) is 28.7 Å². The van der Waals surface area contributed by atoms with Crippen LogP contribution in [0.15, 0.2) is 6.33 Å². The SMILES string of the molecule is CC(C)CCCn1cnc2c1CCNC2. The van der Waals surface area contributed by atoms with Crippen LogP contribution in [0, 0.1) is 5.92 Å². The van der Waals surface area contributed by atoms with Crippen molar-refractivity contribution >= 4 is 0 Å². The highest BCUT2D eigenvalue weighted by atomic mass is 15.1. The highest BCUT2D eigenvalue weighted by molar-refractivity contribution is 5.16. The Labute approximate surface area is 91.9 Å². The van der Waals surface area contributed by atoms with Gasteiger partial charge in [-0.15, -0.1) is 0 Å². The summed E-state index contributed by atoms with van der Waals surface area (Å²) in [5.41, 5.74) is 2.71. The van der Waals surface area contributed by atoms with Crippen LogP contribution in [0.5, 0.6) is 0 Å². The second-order valence-electron chi connectivity index (χ2n) is 4.79. The number of nitrogens with zero attached hydrogens (tertiary/aromatic N) is 2. The molecule has 15 heavy (non-hydrogen) atoms. The first kappa shape index (κ1) is 10.7. The number of imidazole rings is 1. The predicted molar refractivity (Wildman–Crippen MR) is 61.7 cm³/mol. The van der Waals surface area contributed by atoms with Gasteiger partial charge in [-0.2, -0.15) is 0 Å². The van der Waals surface area contributed by atoms with E-state index < -0.39 is 0 Å². The second kappa shape index (κ2) is 4.79. The molecule has 0 radical (unpaired) electrons. The van der Waals surface area contributed by atoms with E-state index >= 15 is 0 Å². The van der Waals surface area contributed by atoms with Gasteiger partial charge in [0.15, 0.2) is 0 Å².